The summed E-state index contributed by atoms with van der Waals surface area (Å²) in [6.07, 6.45) is 6.90. The summed E-state index contributed by atoms with van der Waals surface area (Å²) in [5, 5.41) is 7.32. The van der Waals surface area contributed by atoms with Gasteiger partial charge in [-0.2, -0.15) is 0 Å². The highest BCUT2D eigenvalue weighted by molar-refractivity contribution is 8.00. The fourth-order valence-electron chi connectivity index (χ4n) is 3.41. The Morgan fingerprint density at radius 1 is 1.03 bits per heavy atom. The lowest BCUT2D eigenvalue weighted by molar-refractivity contribution is -0.131. The van der Waals surface area contributed by atoms with Crippen LogP contribution in [0.3, 0.4) is 0 Å². The third kappa shape index (κ3) is 5.16. The summed E-state index contributed by atoms with van der Waals surface area (Å²) >= 11 is 1.36. The van der Waals surface area contributed by atoms with E-state index in [9.17, 15) is 9.18 Å². The van der Waals surface area contributed by atoms with Crippen LogP contribution in [0, 0.1) is 5.82 Å². The van der Waals surface area contributed by atoms with Gasteiger partial charge in [-0.15, -0.1) is 5.10 Å². The van der Waals surface area contributed by atoms with Crippen molar-refractivity contribution >= 4 is 29.8 Å². The summed E-state index contributed by atoms with van der Waals surface area (Å²) < 4.78 is 13.0. The molecule has 0 radical (unpaired) electrons. The Hall–Kier alpha value is -2.93. The number of piperidine rings is 1. The predicted molar refractivity (Wildman–Crippen MR) is 117 cm³/mol. The van der Waals surface area contributed by atoms with Gasteiger partial charge in [0.2, 0.25) is 11.1 Å². The van der Waals surface area contributed by atoms with Gasteiger partial charge in [-0.1, -0.05) is 60.3 Å². The number of hydrogen-bond donors (Lipinski definition) is 1. The van der Waals surface area contributed by atoms with Gasteiger partial charge >= 0.3 is 0 Å². The number of amides is 1. The van der Waals surface area contributed by atoms with E-state index in [0.29, 0.717) is 11.0 Å². The summed E-state index contributed by atoms with van der Waals surface area (Å²) in [4.78, 5) is 19.7. The number of aromatic amines is 1. The zero-order chi connectivity index (χ0) is 20.8. The molecule has 1 amide bonds. The molecule has 5 nitrogen and oxygen atoms in total. The molecule has 1 unspecified atom stereocenters. The first kappa shape index (κ1) is 20.3. The van der Waals surface area contributed by atoms with Crippen molar-refractivity contribution in [3.63, 3.8) is 0 Å². The van der Waals surface area contributed by atoms with E-state index in [-0.39, 0.29) is 17.0 Å². The van der Waals surface area contributed by atoms with Gasteiger partial charge < -0.3 is 4.90 Å². The maximum Gasteiger partial charge on any atom is 0.240 e. The molecule has 7 heteroatoms. The standard InChI is InChI=1S/C23H23FN4OS/c24-19-12-9-17(10-13-19)11-14-20-25-23(27-26-20)30-21(18-7-3-1-4-8-18)22(29)28-15-5-2-6-16-28/h1,3-4,7-14,21H,2,5-6,15-16H2,(H,25,26,27)/b14-11+. The summed E-state index contributed by atoms with van der Waals surface area (Å²) in [6.45, 7) is 1.62. The van der Waals surface area contributed by atoms with Gasteiger partial charge in [0.15, 0.2) is 0 Å². The van der Waals surface area contributed by atoms with E-state index < -0.39 is 0 Å². The minimum Gasteiger partial charge on any atom is -0.341 e. The number of thioether (sulfide) groups is 1. The van der Waals surface area contributed by atoms with E-state index in [2.05, 4.69) is 15.2 Å². The smallest absolute Gasteiger partial charge is 0.240 e. The van der Waals surface area contributed by atoms with Gasteiger partial charge in [0.25, 0.3) is 0 Å². The van der Waals surface area contributed by atoms with Crippen LogP contribution < -0.4 is 0 Å². The number of halogens is 1. The predicted octanol–water partition coefficient (Wildman–Crippen LogP) is 4.96. The van der Waals surface area contributed by atoms with E-state index in [1.54, 1.807) is 18.2 Å². The molecule has 1 fully saturated rings. The van der Waals surface area contributed by atoms with E-state index in [1.807, 2.05) is 41.3 Å². The summed E-state index contributed by atoms with van der Waals surface area (Å²) in [5.41, 5.74) is 1.82. The number of rotatable bonds is 6. The molecular formula is C23H23FN4OS. The maximum atomic E-state index is 13.2. The van der Waals surface area contributed by atoms with E-state index in [0.717, 1.165) is 37.1 Å². The van der Waals surface area contributed by atoms with Crippen LogP contribution in [0.15, 0.2) is 59.8 Å². The normalized spacial score (nSPS) is 15.4. The third-order valence-electron chi connectivity index (χ3n) is 5.00. The maximum absolute atomic E-state index is 13.2. The van der Waals surface area contributed by atoms with Gasteiger partial charge in [-0.25, -0.2) is 9.37 Å². The van der Waals surface area contributed by atoms with E-state index >= 15 is 0 Å². The molecule has 0 spiro atoms. The minimum absolute atomic E-state index is 0.110. The van der Waals surface area contributed by atoms with Gasteiger partial charge in [0.05, 0.1) is 0 Å². The average Bonchev–Trinajstić information content (AvgIpc) is 3.25. The van der Waals surface area contributed by atoms with Gasteiger partial charge in [-0.05, 0) is 48.6 Å². The van der Waals surface area contributed by atoms with Crippen LogP contribution in [0.25, 0.3) is 12.2 Å². The molecule has 1 aromatic heterocycles. The van der Waals surface area contributed by atoms with Crippen LogP contribution in [-0.4, -0.2) is 39.1 Å². The highest BCUT2D eigenvalue weighted by Crippen LogP contribution is 2.35. The lowest BCUT2D eigenvalue weighted by Crippen LogP contribution is -2.38. The Morgan fingerprint density at radius 3 is 2.50 bits per heavy atom. The lowest BCUT2D eigenvalue weighted by atomic mass is 10.1. The quantitative estimate of drug-likeness (QED) is 0.571. The lowest BCUT2D eigenvalue weighted by Gasteiger charge is -2.30. The van der Waals surface area contributed by atoms with Crippen molar-refractivity contribution in [2.45, 2.75) is 29.7 Å². The SMILES string of the molecule is O=C(C(Sc1n[nH]c(/C=C/c2ccc(F)cc2)n1)c1ccccc1)N1CCCCC1. The van der Waals surface area contributed by atoms with Crippen LogP contribution in [0.1, 0.15) is 41.5 Å². The topological polar surface area (TPSA) is 61.9 Å². The number of likely N-dealkylation sites (tertiary alicyclic amines) is 1. The van der Waals surface area contributed by atoms with Crippen LogP contribution in [0.5, 0.6) is 0 Å². The average molecular weight is 423 g/mol. The Kier molecular flexibility index (Phi) is 6.59. The van der Waals surface area contributed by atoms with Crippen molar-refractivity contribution in [2.75, 3.05) is 13.1 Å². The van der Waals surface area contributed by atoms with Crippen LogP contribution in [0.4, 0.5) is 4.39 Å². The first-order chi connectivity index (χ1) is 14.7. The van der Waals surface area contributed by atoms with Crippen molar-refractivity contribution in [2.24, 2.45) is 0 Å². The molecule has 154 valence electrons. The summed E-state index contributed by atoms with van der Waals surface area (Å²) in [6, 6.07) is 16.0. The number of hydrogen-bond acceptors (Lipinski definition) is 4. The van der Waals surface area contributed by atoms with E-state index in [4.69, 9.17) is 0 Å². The number of benzene rings is 2. The first-order valence-electron chi connectivity index (χ1n) is 10.1. The summed E-state index contributed by atoms with van der Waals surface area (Å²) in [5.74, 6) is 0.425. The molecule has 1 aliphatic rings. The van der Waals surface area contributed by atoms with Crippen LogP contribution in [-0.2, 0) is 4.79 Å². The zero-order valence-corrected chi connectivity index (χ0v) is 17.3. The molecule has 2 aromatic carbocycles. The molecule has 0 aliphatic carbocycles. The number of nitrogens with zero attached hydrogens (tertiary/aromatic N) is 3. The van der Waals surface area contributed by atoms with Crippen molar-refractivity contribution < 1.29 is 9.18 Å². The number of aromatic nitrogens is 3. The Morgan fingerprint density at radius 2 is 1.77 bits per heavy atom. The Bertz CT molecular complexity index is 998. The highest BCUT2D eigenvalue weighted by Gasteiger charge is 2.29. The van der Waals surface area contributed by atoms with Crippen molar-refractivity contribution in [1.82, 2.24) is 20.1 Å². The molecule has 1 aliphatic heterocycles. The summed E-state index contributed by atoms with van der Waals surface area (Å²) in [7, 11) is 0. The fourth-order valence-corrected chi connectivity index (χ4v) is 4.41. The second-order valence-corrected chi connectivity index (χ2v) is 8.25. The molecule has 1 atom stereocenters. The third-order valence-corrected chi connectivity index (χ3v) is 6.11. The molecule has 1 N–H and O–H groups in total. The monoisotopic (exact) mass is 422 g/mol. The largest absolute Gasteiger partial charge is 0.341 e. The van der Waals surface area contributed by atoms with E-state index in [1.165, 1.54) is 30.3 Å². The van der Waals surface area contributed by atoms with Crippen LogP contribution in [0.2, 0.25) is 0 Å². The number of carbonyl (C=O) groups is 1. The Balaban J connectivity index is 1.50. The molecule has 3 aromatic rings. The second kappa shape index (κ2) is 9.71. The Labute approximate surface area is 179 Å². The molecule has 30 heavy (non-hydrogen) atoms. The molecule has 0 saturated carbocycles. The minimum atomic E-state index is -0.381. The number of H-pyrrole nitrogens is 1. The fraction of sp³-hybridized carbons (Fsp3) is 0.261. The van der Waals surface area contributed by atoms with Crippen molar-refractivity contribution in [1.29, 1.82) is 0 Å². The molecule has 1 saturated heterocycles. The van der Waals surface area contributed by atoms with Gasteiger partial charge in [0.1, 0.15) is 16.9 Å². The number of carbonyl (C=O) groups excluding carboxylic acids is 1. The van der Waals surface area contributed by atoms with Crippen molar-refractivity contribution in [3.05, 3.63) is 77.4 Å². The second-order valence-electron chi connectivity index (χ2n) is 7.18. The molecular weight excluding hydrogens is 399 g/mol. The number of nitrogens with one attached hydrogen (secondary N) is 1. The van der Waals surface area contributed by atoms with Gasteiger partial charge in [0, 0.05) is 13.1 Å². The van der Waals surface area contributed by atoms with Gasteiger partial charge in [-0.3, -0.25) is 9.89 Å². The first-order valence-corrected chi connectivity index (χ1v) is 10.9. The highest BCUT2D eigenvalue weighted by atomic mass is 32.2. The van der Waals surface area contributed by atoms with Crippen LogP contribution >= 0.6 is 11.8 Å². The molecule has 4 rings (SSSR count). The molecule has 2 heterocycles. The van der Waals surface area contributed by atoms with Crippen molar-refractivity contribution in [3.8, 4) is 0 Å². The molecule has 0 bridgehead atoms. The zero-order valence-electron chi connectivity index (χ0n) is 16.5.